The van der Waals surface area contributed by atoms with Gasteiger partial charge in [-0.3, -0.25) is 4.98 Å². The van der Waals surface area contributed by atoms with Crippen molar-refractivity contribution < 1.29 is 13.2 Å². The summed E-state index contributed by atoms with van der Waals surface area (Å²) < 4.78 is 33.8. The molecule has 10 nitrogen and oxygen atoms in total. The number of fused-ring (bicyclic) bond motifs is 1. The van der Waals surface area contributed by atoms with E-state index in [0.29, 0.717) is 29.6 Å². The van der Waals surface area contributed by atoms with E-state index in [1.54, 1.807) is 10.7 Å². The first-order valence-corrected chi connectivity index (χ1v) is 12.6. The van der Waals surface area contributed by atoms with Crippen LogP contribution in [0, 0.1) is 20.8 Å². The molecule has 0 saturated carbocycles. The Morgan fingerprint density at radius 3 is 2.71 bits per heavy atom. The van der Waals surface area contributed by atoms with Crippen LogP contribution in [0.25, 0.3) is 16.6 Å². The molecule has 0 spiro atoms. The van der Waals surface area contributed by atoms with Crippen LogP contribution in [0.15, 0.2) is 42.7 Å². The number of nitrogens with zero attached hydrogens (tertiary/aromatic N) is 5. The van der Waals surface area contributed by atoms with Gasteiger partial charge in [0.1, 0.15) is 23.5 Å². The molecule has 0 aliphatic carbocycles. The summed E-state index contributed by atoms with van der Waals surface area (Å²) >= 11 is 0. The van der Waals surface area contributed by atoms with Crippen molar-refractivity contribution in [3.63, 3.8) is 0 Å². The number of aromatic nitrogens is 5. The van der Waals surface area contributed by atoms with E-state index in [1.807, 2.05) is 57.3 Å². The average Bonchev–Trinajstić information content (AvgIpc) is 3.17. The number of nitrogens with one attached hydrogen (secondary N) is 2. The third kappa shape index (κ3) is 4.85. The SMILES string of the molecule is Cc1cc(-c2ccn3nc(Nc4cc(C)nc(C)n4)cc3c2)c(O[C@H]2CCS(=O)(=O)NC2)cn1. The number of ether oxygens (including phenoxy) is 1. The Morgan fingerprint density at radius 2 is 1.94 bits per heavy atom. The summed E-state index contributed by atoms with van der Waals surface area (Å²) in [6.45, 7) is 5.95. The van der Waals surface area contributed by atoms with Crippen molar-refractivity contribution in [1.29, 1.82) is 0 Å². The highest BCUT2D eigenvalue weighted by Crippen LogP contribution is 2.32. The number of anilines is 2. The molecule has 0 amide bonds. The Labute approximate surface area is 197 Å². The standard InChI is InChI=1S/C23H25N7O3S/c1-14-8-20(21(13-24-14)33-19-5-7-34(31,32)25-12-19)17-4-6-30-18(10-17)11-23(29-30)28-22-9-15(2)26-16(3)27-22/h4,6,8-11,13,19,25H,5,7,12H2,1-3H3,(H,26,27,28,29)/t19-/m0/s1. The lowest BCUT2D eigenvalue weighted by Crippen LogP contribution is -2.43. The molecule has 4 aromatic heterocycles. The predicted molar refractivity (Wildman–Crippen MR) is 129 cm³/mol. The molecule has 11 heteroatoms. The first-order valence-electron chi connectivity index (χ1n) is 10.9. The number of sulfonamides is 1. The minimum atomic E-state index is -3.20. The van der Waals surface area contributed by atoms with Crippen LogP contribution in [0.1, 0.15) is 23.6 Å². The molecule has 2 N–H and O–H groups in total. The molecule has 5 rings (SSSR count). The molecule has 0 radical (unpaired) electrons. The molecular formula is C23H25N7O3S. The molecule has 5 heterocycles. The topological polar surface area (TPSA) is 123 Å². The molecule has 34 heavy (non-hydrogen) atoms. The Balaban J connectivity index is 1.43. The van der Waals surface area contributed by atoms with Gasteiger partial charge in [-0.2, -0.15) is 5.10 Å². The van der Waals surface area contributed by atoms with E-state index in [2.05, 4.69) is 30.1 Å². The van der Waals surface area contributed by atoms with Crippen LogP contribution in [0.2, 0.25) is 0 Å². The van der Waals surface area contributed by atoms with E-state index < -0.39 is 10.0 Å². The second kappa shape index (κ2) is 8.65. The van der Waals surface area contributed by atoms with Crippen molar-refractivity contribution in [2.75, 3.05) is 17.6 Å². The molecule has 1 fully saturated rings. The van der Waals surface area contributed by atoms with Crippen molar-refractivity contribution in [2.45, 2.75) is 33.3 Å². The molecular weight excluding hydrogens is 454 g/mol. The maximum Gasteiger partial charge on any atom is 0.211 e. The Morgan fingerprint density at radius 1 is 1.09 bits per heavy atom. The minimum Gasteiger partial charge on any atom is -0.487 e. The zero-order chi connectivity index (χ0) is 23.9. The van der Waals surface area contributed by atoms with Gasteiger partial charge in [0.15, 0.2) is 5.82 Å². The second-order valence-corrected chi connectivity index (χ2v) is 10.3. The maximum absolute atomic E-state index is 11.7. The molecule has 1 atom stereocenters. The van der Waals surface area contributed by atoms with E-state index in [9.17, 15) is 8.42 Å². The quantitative estimate of drug-likeness (QED) is 0.448. The van der Waals surface area contributed by atoms with Crippen molar-refractivity contribution in [2.24, 2.45) is 0 Å². The fraction of sp³-hybridized carbons (Fsp3) is 0.304. The van der Waals surface area contributed by atoms with Crippen LogP contribution >= 0.6 is 0 Å². The van der Waals surface area contributed by atoms with Gasteiger partial charge < -0.3 is 10.1 Å². The summed E-state index contributed by atoms with van der Waals surface area (Å²) in [5.74, 6) is 2.73. The zero-order valence-corrected chi connectivity index (χ0v) is 19.9. The second-order valence-electron chi connectivity index (χ2n) is 8.40. The van der Waals surface area contributed by atoms with Crippen LogP contribution in [0.3, 0.4) is 0 Å². The van der Waals surface area contributed by atoms with E-state index in [1.165, 1.54) is 0 Å². The van der Waals surface area contributed by atoms with Crippen molar-refractivity contribution >= 4 is 27.2 Å². The number of rotatable bonds is 5. The smallest absolute Gasteiger partial charge is 0.211 e. The van der Waals surface area contributed by atoms with Crippen LogP contribution in [0.5, 0.6) is 5.75 Å². The molecule has 4 aromatic rings. The van der Waals surface area contributed by atoms with E-state index in [0.717, 1.165) is 28.0 Å². The van der Waals surface area contributed by atoms with Crippen LogP contribution < -0.4 is 14.8 Å². The Bertz CT molecular complexity index is 1450. The lowest BCUT2D eigenvalue weighted by Gasteiger charge is -2.25. The largest absolute Gasteiger partial charge is 0.487 e. The van der Waals surface area contributed by atoms with E-state index in [-0.39, 0.29) is 18.4 Å². The summed E-state index contributed by atoms with van der Waals surface area (Å²) in [5.41, 5.74) is 4.48. The summed E-state index contributed by atoms with van der Waals surface area (Å²) in [4.78, 5) is 13.1. The van der Waals surface area contributed by atoms with Gasteiger partial charge >= 0.3 is 0 Å². The molecule has 1 aliphatic rings. The molecule has 0 unspecified atom stereocenters. The summed E-state index contributed by atoms with van der Waals surface area (Å²) in [5, 5.41) is 7.83. The monoisotopic (exact) mass is 479 g/mol. The number of hydrogen-bond acceptors (Lipinski definition) is 8. The number of hydrogen-bond donors (Lipinski definition) is 2. The molecule has 0 aromatic carbocycles. The summed E-state index contributed by atoms with van der Waals surface area (Å²) in [6.07, 6.45) is 3.77. The zero-order valence-electron chi connectivity index (χ0n) is 19.1. The van der Waals surface area contributed by atoms with Crippen molar-refractivity contribution in [3.05, 3.63) is 59.9 Å². The lowest BCUT2D eigenvalue weighted by atomic mass is 10.1. The summed E-state index contributed by atoms with van der Waals surface area (Å²) in [7, 11) is -3.20. The third-order valence-corrected chi connectivity index (χ3v) is 6.91. The first-order chi connectivity index (χ1) is 16.2. The summed E-state index contributed by atoms with van der Waals surface area (Å²) in [6, 6.07) is 9.78. The number of pyridine rings is 2. The molecule has 1 aliphatic heterocycles. The average molecular weight is 480 g/mol. The maximum atomic E-state index is 11.7. The van der Waals surface area contributed by atoms with Crippen LogP contribution in [0.4, 0.5) is 11.6 Å². The van der Waals surface area contributed by atoms with Gasteiger partial charge in [-0.05, 0) is 44.5 Å². The third-order valence-electron chi connectivity index (χ3n) is 5.53. The highest BCUT2D eigenvalue weighted by atomic mass is 32.2. The molecule has 1 saturated heterocycles. The van der Waals surface area contributed by atoms with E-state index >= 15 is 0 Å². The van der Waals surface area contributed by atoms with Gasteiger partial charge in [0.05, 0.1) is 17.5 Å². The normalized spacial score (nSPS) is 17.6. The number of aryl methyl sites for hydroxylation is 3. The fourth-order valence-electron chi connectivity index (χ4n) is 3.96. The fourth-order valence-corrected chi connectivity index (χ4v) is 5.12. The highest BCUT2D eigenvalue weighted by molar-refractivity contribution is 7.89. The van der Waals surface area contributed by atoms with Crippen molar-refractivity contribution in [3.8, 4) is 16.9 Å². The Kier molecular flexibility index (Phi) is 5.66. The highest BCUT2D eigenvalue weighted by Gasteiger charge is 2.25. The molecule has 176 valence electrons. The van der Waals surface area contributed by atoms with E-state index in [4.69, 9.17) is 4.74 Å². The minimum absolute atomic E-state index is 0.0508. The molecule has 0 bridgehead atoms. The van der Waals surface area contributed by atoms with Gasteiger partial charge in [-0.1, -0.05) is 0 Å². The van der Waals surface area contributed by atoms with Crippen LogP contribution in [-0.2, 0) is 10.0 Å². The van der Waals surface area contributed by atoms with Gasteiger partial charge in [0.2, 0.25) is 10.0 Å². The lowest BCUT2D eigenvalue weighted by molar-refractivity contribution is 0.196. The van der Waals surface area contributed by atoms with Gasteiger partial charge in [0, 0.05) is 48.2 Å². The van der Waals surface area contributed by atoms with Gasteiger partial charge in [-0.15, -0.1) is 0 Å². The van der Waals surface area contributed by atoms with Crippen molar-refractivity contribution in [1.82, 2.24) is 29.3 Å². The predicted octanol–water partition coefficient (Wildman–Crippen LogP) is 2.93. The Hall–Kier alpha value is -3.57. The van der Waals surface area contributed by atoms with Gasteiger partial charge in [0.25, 0.3) is 0 Å². The van der Waals surface area contributed by atoms with Crippen LogP contribution in [-0.4, -0.2) is 51.4 Å². The van der Waals surface area contributed by atoms with Gasteiger partial charge in [-0.25, -0.2) is 27.6 Å². The first kappa shape index (κ1) is 22.2.